The van der Waals surface area contributed by atoms with Crippen molar-refractivity contribution in [1.82, 2.24) is 5.32 Å². The standard InChI is InChI=1S/C10H11Cl2NO3S2/c1-10(2-3-18(15,16)5-10)13-9(14)6-4-7(11)17-8(6)12/h4H,2-3,5H2,1H3,(H,13,14)/t10-/m0/s1. The summed E-state index contributed by atoms with van der Waals surface area (Å²) >= 11 is 12.8. The number of sulfone groups is 1. The Hall–Kier alpha value is -0.300. The van der Waals surface area contributed by atoms with Gasteiger partial charge in [-0.3, -0.25) is 4.79 Å². The van der Waals surface area contributed by atoms with Gasteiger partial charge < -0.3 is 5.32 Å². The van der Waals surface area contributed by atoms with Crippen molar-refractivity contribution in [1.29, 1.82) is 0 Å². The molecule has 100 valence electrons. The van der Waals surface area contributed by atoms with Crippen LogP contribution < -0.4 is 5.32 Å². The first-order valence-corrected chi connectivity index (χ1v) is 8.58. The van der Waals surface area contributed by atoms with Crippen molar-refractivity contribution < 1.29 is 13.2 Å². The first kappa shape index (κ1) is 14.1. The van der Waals surface area contributed by atoms with E-state index in [9.17, 15) is 13.2 Å². The molecule has 0 saturated carbocycles. The Morgan fingerprint density at radius 2 is 2.17 bits per heavy atom. The average molecular weight is 328 g/mol. The smallest absolute Gasteiger partial charge is 0.254 e. The highest BCUT2D eigenvalue weighted by Gasteiger charge is 2.39. The van der Waals surface area contributed by atoms with E-state index in [-0.39, 0.29) is 23.0 Å². The molecule has 2 heterocycles. The van der Waals surface area contributed by atoms with Gasteiger partial charge in [0.25, 0.3) is 5.91 Å². The lowest BCUT2D eigenvalue weighted by Crippen LogP contribution is -2.46. The Balaban J connectivity index is 2.16. The van der Waals surface area contributed by atoms with Crippen LogP contribution in [0.4, 0.5) is 0 Å². The number of hydrogen-bond acceptors (Lipinski definition) is 4. The van der Waals surface area contributed by atoms with E-state index in [4.69, 9.17) is 23.2 Å². The molecular weight excluding hydrogens is 317 g/mol. The fourth-order valence-electron chi connectivity index (χ4n) is 1.95. The van der Waals surface area contributed by atoms with E-state index in [1.165, 1.54) is 6.07 Å². The summed E-state index contributed by atoms with van der Waals surface area (Å²) in [5, 5.41) is 2.73. The van der Waals surface area contributed by atoms with Crippen molar-refractivity contribution in [2.24, 2.45) is 0 Å². The summed E-state index contributed by atoms with van der Waals surface area (Å²) in [7, 11) is -3.06. The largest absolute Gasteiger partial charge is 0.346 e. The maximum absolute atomic E-state index is 12.0. The van der Waals surface area contributed by atoms with E-state index >= 15 is 0 Å². The number of amides is 1. The van der Waals surface area contributed by atoms with E-state index in [2.05, 4.69) is 5.32 Å². The Morgan fingerprint density at radius 1 is 1.50 bits per heavy atom. The highest BCUT2D eigenvalue weighted by atomic mass is 35.5. The molecule has 0 aliphatic carbocycles. The lowest BCUT2D eigenvalue weighted by molar-refractivity contribution is 0.0916. The third kappa shape index (κ3) is 2.99. The van der Waals surface area contributed by atoms with Crippen LogP contribution in [0.2, 0.25) is 8.67 Å². The van der Waals surface area contributed by atoms with E-state index < -0.39 is 15.4 Å². The van der Waals surface area contributed by atoms with Crippen LogP contribution in [-0.2, 0) is 9.84 Å². The van der Waals surface area contributed by atoms with Crippen molar-refractivity contribution in [3.8, 4) is 0 Å². The lowest BCUT2D eigenvalue weighted by atomic mass is 10.0. The Bertz CT molecular complexity index is 596. The summed E-state index contributed by atoms with van der Waals surface area (Å²) in [4.78, 5) is 12.0. The zero-order chi connectivity index (χ0) is 13.6. The van der Waals surface area contributed by atoms with Crippen LogP contribution in [0.5, 0.6) is 0 Å². The highest BCUT2D eigenvalue weighted by molar-refractivity contribution is 7.91. The second-order valence-corrected chi connectivity index (χ2v) is 9.06. The molecule has 1 aromatic rings. The number of carbonyl (C=O) groups is 1. The fourth-order valence-corrected chi connectivity index (χ4v) is 5.50. The van der Waals surface area contributed by atoms with Gasteiger partial charge in [0.15, 0.2) is 9.84 Å². The molecule has 1 amide bonds. The molecule has 1 fully saturated rings. The zero-order valence-corrected chi connectivity index (χ0v) is 12.6. The quantitative estimate of drug-likeness (QED) is 0.906. The molecule has 4 nitrogen and oxygen atoms in total. The van der Waals surface area contributed by atoms with Crippen LogP contribution in [0, 0.1) is 0 Å². The molecule has 1 saturated heterocycles. The van der Waals surface area contributed by atoms with Crippen molar-refractivity contribution in [2.75, 3.05) is 11.5 Å². The Morgan fingerprint density at radius 3 is 2.61 bits per heavy atom. The minimum atomic E-state index is -3.06. The number of rotatable bonds is 2. The van der Waals surface area contributed by atoms with Gasteiger partial charge in [0.05, 0.1) is 26.9 Å². The molecule has 0 radical (unpaired) electrons. The molecule has 0 bridgehead atoms. The van der Waals surface area contributed by atoms with E-state index in [1.807, 2.05) is 0 Å². The van der Waals surface area contributed by atoms with Crippen LogP contribution in [0.15, 0.2) is 6.07 Å². The van der Waals surface area contributed by atoms with Crippen molar-refractivity contribution >= 4 is 50.3 Å². The van der Waals surface area contributed by atoms with Gasteiger partial charge in [-0.25, -0.2) is 8.42 Å². The SMILES string of the molecule is C[C@]1(NC(=O)c2cc(Cl)sc2Cl)CCS(=O)(=O)C1. The maximum atomic E-state index is 12.0. The minimum Gasteiger partial charge on any atom is -0.346 e. The molecule has 1 aliphatic rings. The number of carbonyl (C=O) groups excluding carboxylic acids is 1. The van der Waals surface area contributed by atoms with E-state index in [1.54, 1.807) is 6.92 Å². The summed E-state index contributed by atoms with van der Waals surface area (Å²) in [6.45, 7) is 1.72. The third-order valence-corrected chi connectivity index (χ3v) is 6.21. The van der Waals surface area contributed by atoms with E-state index in [0.717, 1.165) is 11.3 Å². The summed E-state index contributed by atoms with van der Waals surface area (Å²) in [5.41, 5.74) is -0.439. The first-order chi connectivity index (χ1) is 8.21. The number of nitrogens with one attached hydrogen (secondary N) is 1. The molecular formula is C10H11Cl2NO3S2. The average Bonchev–Trinajstić information content (AvgIpc) is 2.67. The summed E-state index contributed by atoms with van der Waals surface area (Å²) < 4.78 is 23.6. The Labute approximate surface area is 119 Å². The predicted octanol–water partition coefficient (Wildman–Crippen LogP) is 2.36. The molecule has 1 aliphatic heterocycles. The van der Waals surface area contributed by atoms with Crippen LogP contribution >= 0.6 is 34.5 Å². The van der Waals surface area contributed by atoms with Gasteiger partial charge in [-0.1, -0.05) is 23.2 Å². The Kier molecular flexibility index (Phi) is 3.66. The van der Waals surface area contributed by atoms with Gasteiger partial charge >= 0.3 is 0 Å². The summed E-state index contributed by atoms with van der Waals surface area (Å²) in [6.07, 6.45) is 0.413. The molecule has 0 aromatic carbocycles. The lowest BCUT2D eigenvalue weighted by Gasteiger charge is -2.23. The molecule has 2 rings (SSSR count). The predicted molar refractivity (Wildman–Crippen MR) is 73.5 cm³/mol. The van der Waals surface area contributed by atoms with Crippen molar-refractivity contribution in [2.45, 2.75) is 18.9 Å². The molecule has 1 atom stereocenters. The topological polar surface area (TPSA) is 63.2 Å². The first-order valence-electron chi connectivity index (χ1n) is 5.19. The van der Waals surface area contributed by atoms with Crippen molar-refractivity contribution in [3.63, 3.8) is 0 Å². The van der Waals surface area contributed by atoms with Gasteiger partial charge in [-0.2, -0.15) is 0 Å². The van der Waals surface area contributed by atoms with Gasteiger partial charge in [0.1, 0.15) is 4.34 Å². The summed E-state index contributed by atoms with van der Waals surface area (Å²) in [5.74, 6) is -0.328. The number of hydrogen-bond donors (Lipinski definition) is 1. The molecule has 18 heavy (non-hydrogen) atoms. The number of thiophene rings is 1. The maximum Gasteiger partial charge on any atom is 0.254 e. The molecule has 0 unspecified atom stereocenters. The third-order valence-electron chi connectivity index (χ3n) is 2.82. The van der Waals surface area contributed by atoms with Crippen LogP contribution in [0.1, 0.15) is 23.7 Å². The second-order valence-electron chi connectivity index (χ2n) is 4.59. The summed E-state index contributed by atoms with van der Waals surface area (Å²) in [6, 6.07) is 1.48. The molecule has 0 spiro atoms. The normalized spacial score (nSPS) is 26.2. The zero-order valence-electron chi connectivity index (χ0n) is 9.50. The second kappa shape index (κ2) is 4.67. The van der Waals surface area contributed by atoms with Gasteiger partial charge in [0, 0.05) is 0 Å². The van der Waals surface area contributed by atoms with E-state index in [0.29, 0.717) is 15.1 Å². The fraction of sp³-hybridized carbons (Fsp3) is 0.500. The molecule has 8 heteroatoms. The molecule has 1 aromatic heterocycles. The monoisotopic (exact) mass is 327 g/mol. The minimum absolute atomic E-state index is 0.0404. The van der Waals surface area contributed by atoms with Crippen LogP contribution in [0.25, 0.3) is 0 Å². The highest BCUT2D eigenvalue weighted by Crippen LogP contribution is 2.32. The van der Waals surface area contributed by atoms with Crippen LogP contribution in [-0.4, -0.2) is 31.4 Å². The van der Waals surface area contributed by atoms with Gasteiger partial charge in [-0.15, -0.1) is 11.3 Å². The van der Waals surface area contributed by atoms with Gasteiger partial charge in [-0.05, 0) is 19.4 Å². The number of halogens is 2. The van der Waals surface area contributed by atoms with Gasteiger partial charge in [0.2, 0.25) is 0 Å². The van der Waals surface area contributed by atoms with Crippen LogP contribution in [0.3, 0.4) is 0 Å². The molecule has 1 N–H and O–H groups in total. The van der Waals surface area contributed by atoms with Crippen molar-refractivity contribution in [3.05, 3.63) is 20.3 Å².